The molecule has 1 aromatic carbocycles. The van der Waals surface area contributed by atoms with Crippen LogP contribution in [0.1, 0.15) is 37.3 Å². The lowest BCUT2D eigenvalue weighted by Crippen LogP contribution is -2.40. The highest BCUT2D eigenvalue weighted by atomic mass is 16.5. The molecule has 1 aliphatic rings. The van der Waals surface area contributed by atoms with E-state index in [1.165, 1.54) is 11.7 Å². The van der Waals surface area contributed by atoms with Crippen molar-refractivity contribution in [3.8, 4) is 6.01 Å². The highest BCUT2D eigenvalue weighted by Gasteiger charge is 2.31. The SMILES string of the molecule is CCCCC1Nc2nc(OC)n(C)c(=O)c2CN(Cc2ccccc2)C1=O. The lowest BCUT2D eigenvalue weighted by molar-refractivity contribution is -0.133. The molecule has 1 aliphatic heterocycles. The van der Waals surface area contributed by atoms with E-state index in [-0.39, 0.29) is 24.0 Å². The average molecular weight is 370 g/mol. The molecule has 0 saturated carbocycles. The Bertz CT molecular complexity index is 864. The predicted molar refractivity (Wildman–Crippen MR) is 104 cm³/mol. The number of anilines is 1. The number of ether oxygens (including phenoxy) is 1. The van der Waals surface area contributed by atoms with Crippen LogP contribution < -0.4 is 15.6 Å². The topological polar surface area (TPSA) is 76.5 Å². The predicted octanol–water partition coefficient (Wildman–Crippen LogP) is 2.30. The molecule has 144 valence electrons. The van der Waals surface area contributed by atoms with Crippen molar-refractivity contribution in [3.63, 3.8) is 0 Å². The molecule has 3 rings (SSSR count). The zero-order chi connectivity index (χ0) is 19.4. The van der Waals surface area contributed by atoms with Crippen molar-refractivity contribution in [2.45, 2.75) is 45.3 Å². The van der Waals surface area contributed by atoms with Crippen LogP contribution in [0.3, 0.4) is 0 Å². The summed E-state index contributed by atoms with van der Waals surface area (Å²) in [7, 11) is 3.10. The van der Waals surface area contributed by atoms with Gasteiger partial charge in [0.25, 0.3) is 5.56 Å². The molecule has 0 saturated heterocycles. The van der Waals surface area contributed by atoms with Crippen LogP contribution in [0, 0.1) is 0 Å². The molecule has 2 aromatic rings. The fourth-order valence-electron chi connectivity index (χ4n) is 3.33. The maximum atomic E-state index is 13.2. The fourth-order valence-corrected chi connectivity index (χ4v) is 3.33. The van der Waals surface area contributed by atoms with E-state index in [9.17, 15) is 9.59 Å². The molecule has 7 heteroatoms. The Hall–Kier alpha value is -2.83. The Kier molecular flexibility index (Phi) is 5.78. The van der Waals surface area contributed by atoms with Gasteiger partial charge in [-0.05, 0) is 12.0 Å². The summed E-state index contributed by atoms with van der Waals surface area (Å²) in [6, 6.07) is 9.63. The number of carbonyl (C=O) groups excluding carboxylic acids is 1. The number of aromatic nitrogens is 2. The second kappa shape index (κ2) is 8.24. The van der Waals surface area contributed by atoms with Gasteiger partial charge in [-0.2, -0.15) is 4.98 Å². The largest absolute Gasteiger partial charge is 0.468 e. The number of nitrogens with one attached hydrogen (secondary N) is 1. The lowest BCUT2D eigenvalue weighted by atomic mass is 10.1. The number of hydrogen-bond donors (Lipinski definition) is 1. The number of amides is 1. The van der Waals surface area contributed by atoms with Crippen molar-refractivity contribution in [1.29, 1.82) is 0 Å². The quantitative estimate of drug-likeness (QED) is 0.844. The van der Waals surface area contributed by atoms with E-state index in [2.05, 4.69) is 17.2 Å². The minimum atomic E-state index is -0.403. The molecule has 2 heterocycles. The van der Waals surface area contributed by atoms with Gasteiger partial charge in [0.05, 0.1) is 19.2 Å². The first kappa shape index (κ1) is 18.9. The van der Waals surface area contributed by atoms with Gasteiger partial charge >= 0.3 is 6.01 Å². The van der Waals surface area contributed by atoms with Gasteiger partial charge in [-0.15, -0.1) is 0 Å². The summed E-state index contributed by atoms with van der Waals surface area (Å²) in [5.41, 5.74) is 1.31. The van der Waals surface area contributed by atoms with Gasteiger partial charge in [0, 0.05) is 13.6 Å². The molecule has 1 amide bonds. The molecule has 0 spiro atoms. The summed E-state index contributed by atoms with van der Waals surface area (Å²) in [6.45, 7) is 2.77. The van der Waals surface area contributed by atoms with Crippen LogP contribution >= 0.6 is 0 Å². The average Bonchev–Trinajstić information content (AvgIpc) is 2.81. The van der Waals surface area contributed by atoms with Crippen molar-refractivity contribution in [3.05, 3.63) is 51.8 Å². The van der Waals surface area contributed by atoms with E-state index in [1.54, 1.807) is 11.9 Å². The zero-order valence-corrected chi connectivity index (χ0v) is 16.1. The molecule has 1 N–H and O–H groups in total. The first-order chi connectivity index (χ1) is 13.0. The molecule has 27 heavy (non-hydrogen) atoms. The van der Waals surface area contributed by atoms with E-state index < -0.39 is 6.04 Å². The van der Waals surface area contributed by atoms with E-state index in [4.69, 9.17) is 4.74 Å². The molecular formula is C20H26N4O3. The minimum absolute atomic E-state index is 0.00803. The van der Waals surface area contributed by atoms with Crippen LogP contribution in [0.25, 0.3) is 0 Å². The molecule has 1 unspecified atom stereocenters. The Morgan fingerprint density at radius 2 is 2.00 bits per heavy atom. The smallest absolute Gasteiger partial charge is 0.300 e. The van der Waals surface area contributed by atoms with Crippen LogP contribution in [0.2, 0.25) is 0 Å². The van der Waals surface area contributed by atoms with Crippen LogP contribution in [0.4, 0.5) is 5.82 Å². The maximum Gasteiger partial charge on any atom is 0.300 e. The van der Waals surface area contributed by atoms with Crippen molar-refractivity contribution in [1.82, 2.24) is 14.5 Å². The highest BCUT2D eigenvalue weighted by Crippen LogP contribution is 2.24. The Morgan fingerprint density at radius 1 is 1.26 bits per heavy atom. The summed E-state index contributed by atoms with van der Waals surface area (Å²) in [5, 5.41) is 3.21. The molecule has 0 bridgehead atoms. The van der Waals surface area contributed by atoms with Crippen molar-refractivity contribution in [2.75, 3.05) is 12.4 Å². The van der Waals surface area contributed by atoms with Gasteiger partial charge in [0.1, 0.15) is 11.9 Å². The van der Waals surface area contributed by atoms with Gasteiger partial charge < -0.3 is 15.0 Å². The van der Waals surface area contributed by atoms with Gasteiger partial charge in [-0.1, -0.05) is 50.1 Å². The summed E-state index contributed by atoms with van der Waals surface area (Å²) >= 11 is 0. The van der Waals surface area contributed by atoms with Crippen molar-refractivity contribution >= 4 is 11.7 Å². The number of hydrogen-bond acceptors (Lipinski definition) is 5. The second-order valence-electron chi connectivity index (χ2n) is 6.81. The molecule has 0 radical (unpaired) electrons. The molecular weight excluding hydrogens is 344 g/mol. The second-order valence-corrected chi connectivity index (χ2v) is 6.81. The molecule has 1 atom stereocenters. The maximum absolute atomic E-state index is 13.2. The fraction of sp³-hybridized carbons (Fsp3) is 0.450. The number of benzene rings is 1. The van der Waals surface area contributed by atoms with Gasteiger partial charge in [0.2, 0.25) is 5.91 Å². The highest BCUT2D eigenvalue weighted by molar-refractivity contribution is 5.85. The van der Waals surface area contributed by atoms with Crippen molar-refractivity contribution in [2.24, 2.45) is 7.05 Å². The van der Waals surface area contributed by atoms with Crippen LogP contribution in [-0.4, -0.2) is 33.5 Å². The number of carbonyl (C=O) groups is 1. The van der Waals surface area contributed by atoms with Gasteiger partial charge in [-0.3, -0.25) is 14.2 Å². The van der Waals surface area contributed by atoms with Gasteiger partial charge in [0.15, 0.2) is 0 Å². The van der Waals surface area contributed by atoms with Crippen molar-refractivity contribution < 1.29 is 9.53 Å². The third kappa shape index (κ3) is 3.97. The number of rotatable bonds is 6. The normalized spacial score (nSPS) is 16.5. The Labute approximate surface area is 159 Å². The Balaban J connectivity index is 2.01. The van der Waals surface area contributed by atoms with Gasteiger partial charge in [-0.25, -0.2) is 0 Å². The summed E-state index contributed by atoms with van der Waals surface area (Å²) in [4.78, 5) is 32.2. The third-order valence-corrected chi connectivity index (χ3v) is 4.86. The van der Waals surface area contributed by atoms with E-state index in [0.29, 0.717) is 24.3 Å². The Morgan fingerprint density at radius 3 is 2.67 bits per heavy atom. The first-order valence-electron chi connectivity index (χ1n) is 9.28. The first-order valence-corrected chi connectivity index (χ1v) is 9.28. The number of fused-ring (bicyclic) bond motifs is 1. The zero-order valence-electron chi connectivity index (χ0n) is 16.1. The summed E-state index contributed by atoms with van der Waals surface area (Å²) in [5.74, 6) is 0.436. The number of unbranched alkanes of at least 4 members (excludes halogenated alkanes) is 1. The monoisotopic (exact) mass is 370 g/mol. The minimum Gasteiger partial charge on any atom is -0.468 e. The molecule has 7 nitrogen and oxygen atoms in total. The van der Waals surface area contributed by atoms with Crippen LogP contribution in [0.5, 0.6) is 6.01 Å². The number of nitrogens with zero attached hydrogens (tertiary/aromatic N) is 3. The molecule has 1 aromatic heterocycles. The number of methoxy groups -OCH3 is 1. The van der Waals surface area contributed by atoms with E-state index in [1.807, 2.05) is 30.3 Å². The lowest BCUT2D eigenvalue weighted by Gasteiger charge is -2.24. The summed E-state index contributed by atoms with van der Waals surface area (Å²) < 4.78 is 6.58. The third-order valence-electron chi connectivity index (χ3n) is 4.86. The molecule has 0 fully saturated rings. The molecule has 0 aliphatic carbocycles. The van der Waals surface area contributed by atoms with Crippen LogP contribution in [0.15, 0.2) is 35.1 Å². The standard InChI is InChI=1S/C20H26N4O3/c1-4-5-11-16-19(26)24(12-14-9-7-6-8-10-14)13-15-17(21-16)22-20(27-3)23(2)18(15)25/h6-10,16,21H,4-5,11-13H2,1-3H3. The van der Waals surface area contributed by atoms with E-state index in [0.717, 1.165) is 18.4 Å². The van der Waals surface area contributed by atoms with Crippen LogP contribution in [-0.2, 0) is 24.9 Å². The summed E-state index contributed by atoms with van der Waals surface area (Å²) in [6.07, 6.45) is 2.60. The van der Waals surface area contributed by atoms with E-state index >= 15 is 0 Å².